The van der Waals surface area contributed by atoms with Crippen molar-refractivity contribution >= 4 is 22.6 Å². The Labute approximate surface area is 210 Å². The number of nitrogens with one attached hydrogen (secondary N) is 1. The number of benzene rings is 3. The first kappa shape index (κ1) is 26.3. The van der Waals surface area contributed by atoms with Gasteiger partial charge in [-0.1, -0.05) is 49.4 Å². The number of aliphatic hydroxyl groups excluding tert-OH is 1. The summed E-state index contributed by atoms with van der Waals surface area (Å²) in [6.45, 7) is 4.61. The van der Waals surface area contributed by atoms with Crippen molar-refractivity contribution in [2.45, 2.75) is 51.2 Å². The third kappa shape index (κ3) is 5.48. The topological polar surface area (TPSA) is 80.0 Å². The molecule has 3 aromatic carbocycles. The van der Waals surface area contributed by atoms with Crippen LogP contribution in [0.2, 0.25) is 0 Å². The number of aliphatic hydroxyl groups is 1. The summed E-state index contributed by atoms with van der Waals surface area (Å²) in [4.78, 5) is 12.5. The molecule has 0 saturated carbocycles. The SMILES string of the molecule is CC(O)C(F)(F)c1ccc(CC(=O)Nc2ccc3c(c2)nnn3CC(C)(C)c2c(F)cccc2F)cc1. The van der Waals surface area contributed by atoms with Gasteiger partial charge in [0.1, 0.15) is 23.3 Å². The summed E-state index contributed by atoms with van der Waals surface area (Å²) >= 11 is 0. The highest BCUT2D eigenvalue weighted by Gasteiger charge is 2.37. The van der Waals surface area contributed by atoms with E-state index in [-0.39, 0.29) is 30.0 Å². The van der Waals surface area contributed by atoms with Gasteiger partial charge in [-0.15, -0.1) is 5.10 Å². The van der Waals surface area contributed by atoms with E-state index < -0.39 is 29.1 Å². The monoisotopic (exact) mass is 514 g/mol. The van der Waals surface area contributed by atoms with Crippen LogP contribution in [-0.2, 0) is 29.1 Å². The van der Waals surface area contributed by atoms with Gasteiger partial charge < -0.3 is 10.4 Å². The van der Waals surface area contributed by atoms with E-state index in [1.54, 1.807) is 36.7 Å². The van der Waals surface area contributed by atoms with Gasteiger partial charge in [0.15, 0.2) is 0 Å². The molecule has 10 heteroatoms. The third-order valence-electron chi connectivity index (χ3n) is 6.21. The summed E-state index contributed by atoms with van der Waals surface area (Å²) in [7, 11) is 0. The van der Waals surface area contributed by atoms with Crippen molar-refractivity contribution in [1.82, 2.24) is 15.0 Å². The minimum atomic E-state index is -3.38. The Kier molecular flexibility index (Phi) is 7.05. The summed E-state index contributed by atoms with van der Waals surface area (Å²) in [5.74, 6) is -5.01. The van der Waals surface area contributed by atoms with E-state index in [1.165, 1.54) is 42.5 Å². The molecule has 4 rings (SSSR count). The minimum Gasteiger partial charge on any atom is -0.387 e. The van der Waals surface area contributed by atoms with Gasteiger partial charge in [0, 0.05) is 22.2 Å². The molecular weight excluding hydrogens is 488 g/mol. The lowest BCUT2D eigenvalue weighted by Gasteiger charge is -2.26. The molecule has 0 spiro atoms. The van der Waals surface area contributed by atoms with Crippen LogP contribution in [0.15, 0.2) is 60.7 Å². The van der Waals surface area contributed by atoms with Crippen molar-refractivity contribution in [3.8, 4) is 0 Å². The fourth-order valence-corrected chi connectivity index (χ4v) is 4.24. The lowest BCUT2D eigenvalue weighted by molar-refractivity contribution is -0.115. The van der Waals surface area contributed by atoms with Crippen LogP contribution in [-0.4, -0.2) is 32.1 Å². The van der Waals surface area contributed by atoms with Crippen molar-refractivity contribution < 1.29 is 27.5 Å². The Morgan fingerprint density at radius 1 is 1.05 bits per heavy atom. The number of halogens is 4. The molecule has 1 aromatic heterocycles. The summed E-state index contributed by atoms with van der Waals surface area (Å²) in [5.41, 5.74) is 0.798. The molecule has 1 heterocycles. The zero-order valence-electron chi connectivity index (χ0n) is 20.5. The first-order valence-electron chi connectivity index (χ1n) is 11.6. The zero-order valence-corrected chi connectivity index (χ0v) is 20.5. The summed E-state index contributed by atoms with van der Waals surface area (Å²) in [5, 5.41) is 20.3. The highest BCUT2D eigenvalue weighted by Crippen LogP contribution is 2.32. The second kappa shape index (κ2) is 9.93. The average Bonchev–Trinajstić information content (AvgIpc) is 3.20. The number of rotatable bonds is 8. The molecular formula is C27H26F4N4O2. The highest BCUT2D eigenvalue weighted by molar-refractivity contribution is 5.94. The van der Waals surface area contributed by atoms with E-state index >= 15 is 0 Å². The average molecular weight is 515 g/mol. The normalized spacial score (nSPS) is 13.1. The van der Waals surface area contributed by atoms with Gasteiger partial charge in [0.25, 0.3) is 5.92 Å². The van der Waals surface area contributed by atoms with E-state index in [1.807, 2.05) is 0 Å². The van der Waals surface area contributed by atoms with Gasteiger partial charge >= 0.3 is 0 Å². The van der Waals surface area contributed by atoms with E-state index in [0.717, 1.165) is 6.92 Å². The number of fused-ring (bicyclic) bond motifs is 1. The fraction of sp³-hybridized carbons (Fsp3) is 0.296. The Balaban J connectivity index is 1.45. The van der Waals surface area contributed by atoms with Crippen LogP contribution in [0.25, 0.3) is 11.0 Å². The van der Waals surface area contributed by atoms with Gasteiger partial charge in [-0.25, -0.2) is 13.5 Å². The molecule has 6 nitrogen and oxygen atoms in total. The number of carbonyl (C=O) groups excluding carboxylic acids is 1. The maximum atomic E-state index is 14.4. The summed E-state index contributed by atoms with van der Waals surface area (Å²) in [6, 6.07) is 13.9. The molecule has 194 valence electrons. The standard InChI is InChI=1S/C27H26F4N4O2/c1-16(36)27(30,31)18-9-7-17(8-10-18)13-24(37)32-19-11-12-23-22(14-19)33-34-35(23)15-26(2,3)25-20(28)5-4-6-21(25)29/h4-12,14,16,36H,13,15H2,1-3H3,(H,32,37). The molecule has 0 aliphatic heterocycles. The Morgan fingerprint density at radius 3 is 2.32 bits per heavy atom. The van der Waals surface area contributed by atoms with Gasteiger partial charge in [-0.05, 0) is 42.8 Å². The van der Waals surface area contributed by atoms with Crippen LogP contribution in [0.4, 0.5) is 23.2 Å². The Hall–Kier alpha value is -3.79. The van der Waals surface area contributed by atoms with Crippen LogP contribution < -0.4 is 5.32 Å². The van der Waals surface area contributed by atoms with Crippen LogP contribution in [0.1, 0.15) is 37.5 Å². The Morgan fingerprint density at radius 2 is 1.70 bits per heavy atom. The highest BCUT2D eigenvalue weighted by atomic mass is 19.3. The molecule has 0 fully saturated rings. The zero-order chi connectivity index (χ0) is 27.0. The molecule has 37 heavy (non-hydrogen) atoms. The predicted molar refractivity (Wildman–Crippen MR) is 131 cm³/mol. The molecule has 0 aliphatic carbocycles. The molecule has 4 aromatic rings. The minimum absolute atomic E-state index is 0.0369. The first-order valence-corrected chi connectivity index (χ1v) is 11.6. The Bertz CT molecular complexity index is 1410. The number of anilines is 1. The largest absolute Gasteiger partial charge is 0.387 e. The molecule has 0 aliphatic rings. The molecule has 1 atom stereocenters. The number of carbonyl (C=O) groups is 1. The quantitative estimate of drug-likeness (QED) is 0.311. The van der Waals surface area contributed by atoms with Crippen LogP contribution in [0.3, 0.4) is 0 Å². The third-order valence-corrected chi connectivity index (χ3v) is 6.21. The van der Waals surface area contributed by atoms with Gasteiger partial charge in [0.05, 0.1) is 18.5 Å². The van der Waals surface area contributed by atoms with Crippen molar-refractivity contribution in [3.05, 3.63) is 89.0 Å². The molecule has 1 amide bonds. The second-order valence-corrected chi connectivity index (χ2v) is 9.65. The second-order valence-electron chi connectivity index (χ2n) is 9.65. The maximum absolute atomic E-state index is 14.4. The maximum Gasteiger partial charge on any atom is 0.298 e. The van der Waals surface area contributed by atoms with Crippen LogP contribution in [0.5, 0.6) is 0 Å². The van der Waals surface area contributed by atoms with Crippen molar-refractivity contribution in [2.24, 2.45) is 0 Å². The number of amides is 1. The van der Waals surface area contributed by atoms with Crippen molar-refractivity contribution in [2.75, 3.05) is 5.32 Å². The molecule has 1 unspecified atom stereocenters. The summed E-state index contributed by atoms with van der Waals surface area (Å²) < 4.78 is 58.1. The number of alkyl halides is 2. The smallest absolute Gasteiger partial charge is 0.298 e. The van der Waals surface area contributed by atoms with Crippen LogP contribution in [0, 0.1) is 11.6 Å². The van der Waals surface area contributed by atoms with Gasteiger partial charge in [0.2, 0.25) is 5.91 Å². The fourth-order valence-electron chi connectivity index (χ4n) is 4.24. The molecule has 0 saturated heterocycles. The lowest BCUT2D eigenvalue weighted by Crippen LogP contribution is -2.28. The van der Waals surface area contributed by atoms with E-state index in [9.17, 15) is 27.5 Å². The van der Waals surface area contributed by atoms with E-state index in [2.05, 4.69) is 15.6 Å². The van der Waals surface area contributed by atoms with E-state index in [4.69, 9.17) is 0 Å². The lowest BCUT2D eigenvalue weighted by atomic mass is 9.83. The van der Waals surface area contributed by atoms with Crippen LogP contribution >= 0.6 is 0 Å². The predicted octanol–water partition coefficient (Wildman–Crippen LogP) is 5.34. The molecule has 0 radical (unpaired) electrons. The molecule has 0 bridgehead atoms. The van der Waals surface area contributed by atoms with Gasteiger partial charge in [-0.3, -0.25) is 4.79 Å². The number of nitrogens with zero attached hydrogens (tertiary/aromatic N) is 3. The van der Waals surface area contributed by atoms with Crippen molar-refractivity contribution in [1.29, 1.82) is 0 Å². The summed E-state index contributed by atoms with van der Waals surface area (Å²) in [6.07, 6.45) is -1.88. The number of aromatic nitrogens is 3. The van der Waals surface area contributed by atoms with E-state index in [0.29, 0.717) is 22.3 Å². The van der Waals surface area contributed by atoms with Gasteiger partial charge in [-0.2, -0.15) is 8.78 Å². The first-order chi connectivity index (χ1) is 17.4. The number of hydrogen-bond donors (Lipinski definition) is 2. The number of hydrogen-bond acceptors (Lipinski definition) is 4. The van der Waals surface area contributed by atoms with Crippen molar-refractivity contribution in [3.63, 3.8) is 0 Å². The molecule has 2 N–H and O–H groups in total.